The summed E-state index contributed by atoms with van der Waals surface area (Å²) >= 11 is 5.53. The van der Waals surface area contributed by atoms with Crippen molar-refractivity contribution in [3.8, 4) is 0 Å². The molecule has 0 unspecified atom stereocenters. The van der Waals surface area contributed by atoms with Crippen LogP contribution in [0.4, 0.5) is 0 Å². The van der Waals surface area contributed by atoms with E-state index < -0.39 is 0 Å². The highest BCUT2D eigenvalue weighted by Crippen LogP contribution is 2.06. The minimum absolute atomic E-state index is 0.406. The van der Waals surface area contributed by atoms with E-state index in [1.54, 1.807) is 0 Å². The second-order valence-electron chi connectivity index (χ2n) is 3.35. The Bertz CT molecular complexity index is 123. The van der Waals surface area contributed by atoms with Gasteiger partial charge >= 0.3 is 0 Å². The summed E-state index contributed by atoms with van der Waals surface area (Å²) in [6, 6.07) is 0. The molecule has 0 heterocycles. The lowest BCUT2D eigenvalue weighted by Crippen LogP contribution is -1.97. The molecule has 1 radical (unpaired) electrons. The number of unbranched alkanes of at least 4 members (excludes halogenated alkanes) is 4. The fourth-order valence-corrected chi connectivity index (χ4v) is 1.41. The van der Waals surface area contributed by atoms with Crippen molar-refractivity contribution in [2.45, 2.75) is 51.4 Å². The molecule has 0 saturated carbocycles. The first-order valence-electron chi connectivity index (χ1n) is 5.18. The summed E-state index contributed by atoms with van der Waals surface area (Å²) < 4.78 is 0. The summed E-state index contributed by atoms with van der Waals surface area (Å²) in [5.74, 6) is 1.12. The number of hydrogen-bond acceptors (Lipinski definition) is 1. The third-order valence-corrected chi connectivity index (χ3v) is 2.31. The van der Waals surface area contributed by atoms with Gasteiger partial charge in [0.15, 0.2) is 0 Å². The number of rotatable bonds is 9. The molecule has 0 aliphatic rings. The van der Waals surface area contributed by atoms with E-state index in [2.05, 4.69) is 6.92 Å². The quantitative estimate of drug-likeness (QED) is 0.412. The number of alkyl halides is 1. The lowest BCUT2D eigenvalue weighted by Gasteiger charge is -1.99. The monoisotopic (exact) mass is 203 g/mol. The Labute approximate surface area is 86.9 Å². The first-order chi connectivity index (χ1) is 6.31. The van der Waals surface area contributed by atoms with Crippen LogP contribution in [0.15, 0.2) is 0 Å². The smallest absolute Gasteiger partial charge is 0.132 e. The van der Waals surface area contributed by atoms with E-state index in [-0.39, 0.29) is 0 Å². The molecule has 13 heavy (non-hydrogen) atoms. The highest BCUT2D eigenvalue weighted by atomic mass is 35.5. The Morgan fingerprint density at radius 1 is 1.00 bits per heavy atom. The number of halogens is 1. The molecule has 0 fully saturated rings. The van der Waals surface area contributed by atoms with Crippen LogP contribution in [0.25, 0.3) is 0 Å². The maximum Gasteiger partial charge on any atom is 0.132 e. The number of carbonyl (C=O) groups is 1. The molecule has 2 heteroatoms. The van der Waals surface area contributed by atoms with Gasteiger partial charge in [-0.15, -0.1) is 11.6 Å². The Balaban J connectivity index is 3.11. The second-order valence-corrected chi connectivity index (χ2v) is 3.73. The van der Waals surface area contributed by atoms with E-state index in [9.17, 15) is 4.79 Å². The summed E-state index contributed by atoms with van der Waals surface area (Å²) in [5.41, 5.74) is 0. The molecule has 0 aliphatic carbocycles. The number of Topliss-reactive ketones (excluding diaryl/α,β-unsaturated/α-hetero) is 1. The SMILES string of the molecule is [CH2]CCCCC(=O)CCCCCCl. The van der Waals surface area contributed by atoms with Gasteiger partial charge in [0.25, 0.3) is 0 Å². The van der Waals surface area contributed by atoms with Crippen molar-refractivity contribution in [1.29, 1.82) is 0 Å². The van der Waals surface area contributed by atoms with Crippen molar-refractivity contribution in [3.63, 3.8) is 0 Å². The van der Waals surface area contributed by atoms with E-state index in [4.69, 9.17) is 11.6 Å². The van der Waals surface area contributed by atoms with Crippen LogP contribution < -0.4 is 0 Å². The molecule has 0 aromatic rings. The zero-order valence-electron chi connectivity index (χ0n) is 8.36. The van der Waals surface area contributed by atoms with Crippen molar-refractivity contribution in [1.82, 2.24) is 0 Å². The normalized spacial score (nSPS) is 10.3. The fourth-order valence-electron chi connectivity index (χ4n) is 1.22. The first-order valence-corrected chi connectivity index (χ1v) is 5.71. The highest BCUT2D eigenvalue weighted by molar-refractivity contribution is 6.17. The van der Waals surface area contributed by atoms with Crippen molar-refractivity contribution >= 4 is 17.4 Å². The average Bonchev–Trinajstić information content (AvgIpc) is 2.13. The molecular formula is C11H20ClO. The van der Waals surface area contributed by atoms with Crippen molar-refractivity contribution < 1.29 is 4.79 Å². The third-order valence-electron chi connectivity index (χ3n) is 2.04. The van der Waals surface area contributed by atoms with Crippen molar-refractivity contribution in [2.75, 3.05) is 5.88 Å². The maximum atomic E-state index is 11.2. The Morgan fingerprint density at radius 3 is 2.15 bits per heavy atom. The molecule has 0 spiro atoms. The van der Waals surface area contributed by atoms with Gasteiger partial charge in [0, 0.05) is 18.7 Å². The predicted molar refractivity (Wildman–Crippen MR) is 58.0 cm³/mol. The molecule has 0 aromatic heterocycles. The molecular weight excluding hydrogens is 184 g/mol. The molecule has 0 rings (SSSR count). The van der Waals surface area contributed by atoms with E-state index in [0.717, 1.165) is 57.2 Å². The van der Waals surface area contributed by atoms with Crippen LogP contribution in [0.3, 0.4) is 0 Å². The lowest BCUT2D eigenvalue weighted by atomic mass is 10.1. The number of carbonyl (C=O) groups excluding carboxylic acids is 1. The predicted octanol–water partition coefficient (Wildman–Crippen LogP) is 3.75. The summed E-state index contributed by atoms with van der Waals surface area (Å²) in [6.45, 7) is 3.74. The van der Waals surface area contributed by atoms with Gasteiger partial charge in [-0.1, -0.05) is 26.2 Å². The highest BCUT2D eigenvalue weighted by Gasteiger charge is 2.00. The Kier molecular flexibility index (Phi) is 10.0. The van der Waals surface area contributed by atoms with E-state index in [0.29, 0.717) is 5.78 Å². The Morgan fingerprint density at radius 2 is 1.62 bits per heavy atom. The lowest BCUT2D eigenvalue weighted by molar-refractivity contribution is -0.119. The van der Waals surface area contributed by atoms with Crippen LogP contribution in [0, 0.1) is 6.92 Å². The minimum atomic E-state index is 0.406. The molecule has 77 valence electrons. The van der Waals surface area contributed by atoms with Crippen LogP contribution in [-0.4, -0.2) is 11.7 Å². The van der Waals surface area contributed by atoms with Gasteiger partial charge in [-0.3, -0.25) is 4.79 Å². The first kappa shape index (κ1) is 13.0. The van der Waals surface area contributed by atoms with Gasteiger partial charge in [0.05, 0.1) is 0 Å². The van der Waals surface area contributed by atoms with Crippen LogP contribution >= 0.6 is 11.6 Å². The van der Waals surface area contributed by atoms with Gasteiger partial charge in [0.2, 0.25) is 0 Å². The van der Waals surface area contributed by atoms with Crippen LogP contribution in [0.1, 0.15) is 51.4 Å². The average molecular weight is 204 g/mol. The molecule has 0 atom stereocenters. The molecule has 0 N–H and O–H groups in total. The van der Waals surface area contributed by atoms with Crippen molar-refractivity contribution in [2.24, 2.45) is 0 Å². The minimum Gasteiger partial charge on any atom is -0.300 e. The van der Waals surface area contributed by atoms with E-state index >= 15 is 0 Å². The Hall–Kier alpha value is -0.0400. The molecule has 0 amide bonds. The van der Waals surface area contributed by atoms with Gasteiger partial charge < -0.3 is 0 Å². The standard InChI is InChI=1S/C11H20ClO/c1-2-3-5-8-11(13)9-6-4-7-10-12/h1-10H2. The zero-order valence-corrected chi connectivity index (χ0v) is 9.11. The number of hydrogen-bond donors (Lipinski definition) is 0. The number of ketones is 1. The molecule has 0 aliphatic heterocycles. The van der Waals surface area contributed by atoms with Crippen molar-refractivity contribution in [3.05, 3.63) is 6.92 Å². The largest absolute Gasteiger partial charge is 0.300 e. The summed E-state index contributed by atoms with van der Waals surface area (Å²) in [6.07, 6.45) is 7.66. The zero-order chi connectivity index (χ0) is 9.94. The van der Waals surface area contributed by atoms with Crippen LogP contribution in [0.5, 0.6) is 0 Å². The van der Waals surface area contributed by atoms with Crippen LogP contribution in [0.2, 0.25) is 0 Å². The summed E-state index contributed by atoms with van der Waals surface area (Å²) in [4.78, 5) is 11.2. The second kappa shape index (κ2) is 10.0. The van der Waals surface area contributed by atoms with Gasteiger partial charge in [-0.05, 0) is 19.3 Å². The topological polar surface area (TPSA) is 17.1 Å². The third kappa shape index (κ3) is 9.88. The van der Waals surface area contributed by atoms with Gasteiger partial charge in [0.1, 0.15) is 5.78 Å². The maximum absolute atomic E-state index is 11.2. The summed E-state index contributed by atoms with van der Waals surface area (Å²) in [7, 11) is 0. The molecule has 0 aromatic carbocycles. The van der Waals surface area contributed by atoms with Gasteiger partial charge in [-0.25, -0.2) is 0 Å². The fraction of sp³-hybridized carbons (Fsp3) is 0.818. The van der Waals surface area contributed by atoms with Gasteiger partial charge in [-0.2, -0.15) is 0 Å². The van der Waals surface area contributed by atoms with Crippen LogP contribution in [-0.2, 0) is 4.79 Å². The molecule has 0 bridgehead atoms. The summed E-state index contributed by atoms with van der Waals surface area (Å²) in [5, 5.41) is 0. The molecule has 1 nitrogen and oxygen atoms in total. The molecule has 0 saturated heterocycles. The van der Waals surface area contributed by atoms with E-state index in [1.165, 1.54) is 0 Å². The van der Waals surface area contributed by atoms with E-state index in [1.807, 2.05) is 0 Å².